The maximum atomic E-state index is 12.3. The van der Waals surface area contributed by atoms with Gasteiger partial charge in [-0.3, -0.25) is 23.4 Å². The van der Waals surface area contributed by atoms with Crippen molar-refractivity contribution in [2.24, 2.45) is 11.0 Å². The van der Waals surface area contributed by atoms with E-state index in [4.69, 9.17) is 19.3 Å². The Morgan fingerprint density at radius 1 is 1.35 bits per heavy atom. The van der Waals surface area contributed by atoms with Gasteiger partial charge in [-0.25, -0.2) is 13.9 Å². The van der Waals surface area contributed by atoms with Gasteiger partial charge in [-0.05, 0) is 18.9 Å². The number of likely N-dealkylation sites (N-methyl/N-ethyl adjacent to an activating group) is 1. The molecule has 0 aromatic carbocycles. The van der Waals surface area contributed by atoms with Crippen LogP contribution >= 0.6 is 15.6 Å². The van der Waals surface area contributed by atoms with E-state index in [0.717, 1.165) is 22.4 Å². The van der Waals surface area contributed by atoms with Gasteiger partial charge in [0.25, 0.3) is 5.56 Å². The van der Waals surface area contributed by atoms with Gasteiger partial charge in [-0.15, -0.1) is 0 Å². The van der Waals surface area contributed by atoms with Crippen LogP contribution < -0.4 is 16.1 Å². The first-order valence-electron chi connectivity index (χ1n) is 11.3. The van der Waals surface area contributed by atoms with Crippen LogP contribution in [-0.2, 0) is 27.2 Å². The predicted molar refractivity (Wildman–Crippen MR) is 133 cm³/mol. The first-order chi connectivity index (χ1) is 16.8. The maximum Gasteiger partial charge on any atom is 0.481 e. The number of aromatic nitrogens is 2. The number of aryl methyl sites for hydroxylation is 1. The van der Waals surface area contributed by atoms with Crippen LogP contribution in [0, 0.1) is 12.8 Å². The van der Waals surface area contributed by atoms with Crippen LogP contribution in [0.5, 0.6) is 0 Å². The van der Waals surface area contributed by atoms with E-state index in [-0.39, 0.29) is 26.0 Å². The normalized spacial score (nSPS) is 24.2. The number of rotatable bonds is 14. The lowest BCUT2D eigenvalue weighted by Gasteiger charge is -2.21. The second-order valence-corrected chi connectivity index (χ2v) is 11.7. The summed E-state index contributed by atoms with van der Waals surface area (Å²) in [6, 6.07) is -0.916. The molecule has 0 bridgehead atoms. The molecule has 18 heteroatoms. The van der Waals surface area contributed by atoms with Crippen LogP contribution in [-0.4, -0.2) is 64.8 Å². The van der Waals surface area contributed by atoms with Gasteiger partial charge in [0.2, 0.25) is 0 Å². The topological polar surface area (TPSA) is 220 Å². The van der Waals surface area contributed by atoms with Crippen molar-refractivity contribution in [2.75, 3.05) is 33.4 Å². The Balaban J connectivity index is 0.00000684. The summed E-state index contributed by atoms with van der Waals surface area (Å²) in [5, 5.41) is 3.55. The van der Waals surface area contributed by atoms with E-state index in [1.807, 2.05) is 7.05 Å². The van der Waals surface area contributed by atoms with Crippen LogP contribution in [0.25, 0.3) is 10.4 Å². The molecule has 7 atom stereocenters. The first-order valence-corrected chi connectivity index (χ1v) is 14.2. The summed E-state index contributed by atoms with van der Waals surface area (Å²) in [6.07, 6.45) is 0.167. The SMILES string of the molecule is C.CCC(C)C[NH+](C)CCOP(=O)(O)OP(=O)(O)OCC1OC(n2cc(C)c(=O)[nH]c2=O)CC1N=[N+]=[N-]. The fourth-order valence-corrected chi connectivity index (χ4v) is 5.62. The largest absolute Gasteiger partial charge is 0.481 e. The van der Waals surface area contributed by atoms with Gasteiger partial charge in [0.1, 0.15) is 19.4 Å². The van der Waals surface area contributed by atoms with Crippen LogP contribution in [0.2, 0.25) is 0 Å². The van der Waals surface area contributed by atoms with Gasteiger partial charge in [0, 0.05) is 29.0 Å². The van der Waals surface area contributed by atoms with E-state index in [1.54, 1.807) is 0 Å². The Bertz CT molecular complexity index is 1150. The highest BCUT2D eigenvalue weighted by Crippen LogP contribution is 2.60. The summed E-state index contributed by atoms with van der Waals surface area (Å²) in [7, 11) is -8.14. The highest BCUT2D eigenvalue weighted by atomic mass is 31.3. The molecule has 7 unspecified atom stereocenters. The summed E-state index contributed by atoms with van der Waals surface area (Å²) in [5.74, 6) is 0.451. The number of azide groups is 1. The minimum absolute atomic E-state index is 0. The lowest BCUT2D eigenvalue weighted by atomic mass is 10.1. The van der Waals surface area contributed by atoms with E-state index in [2.05, 4.69) is 33.2 Å². The average molecular weight is 571 g/mol. The zero-order valence-corrected chi connectivity index (χ0v) is 22.3. The molecule has 1 aliphatic heterocycles. The second-order valence-electron chi connectivity index (χ2n) is 8.69. The Morgan fingerprint density at radius 3 is 2.62 bits per heavy atom. The first kappa shape index (κ1) is 33.2. The van der Waals surface area contributed by atoms with Gasteiger partial charge < -0.3 is 19.4 Å². The molecule has 16 nitrogen and oxygen atoms in total. The number of H-pyrrole nitrogens is 1. The van der Waals surface area contributed by atoms with Gasteiger partial charge in [0.15, 0.2) is 0 Å². The fourth-order valence-electron chi connectivity index (χ4n) is 3.55. The highest BCUT2D eigenvalue weighted by molar-refractivity contribution is 7.61. The molecule has 1 fully saturated rings. The molecular formula is C19H37N6O10P2+. The number of phosphoric ester groups is 2. The van der Waals surface area contributed by atoms with E-state index >= 15 is 0 Å². The molecule has 0 aliphatic carbocycles. The van der Waals surface area contributed by atoms with Crippen LogP contribution in [0.1, 0.15) is 45.9 Å². The predicted octanol–water partition coefficient (Wildman–Crippen LogP) is 1.26. The number of hydrogen-bond acceptors (Lipinski definition) is 9. The van der Waals surface area contributed by atoms with Crippen molar-refractivity contribution in [3.8, 4) is 0 Å². The zero-order chi connectivity index (χ0) is 27.1. The molecule has 0 amide bonds. The Morgan fingerprint density at radius 2 is 2.00 bits per heavy atom. The smallest absolute Gasteiger partial charge is 0.352 e. The molecule has 0 spiro atoms. The van der Waals surface area contributed by atoms with Gasteiger partial charge in [0.05, 0.1) is 32.3 Å². The minimum atomic E-state index is -5.09. The third-order valence-corrected chi connectivity index (χ3v) is 8.28. The third-order valence-electron chi connectivity index (χ3n) is 5.65. The molecule has 1 aromatic rings. The zero-order valence-electron chi connectivity index (χ0n) is 20.5. The number of hydrogen-bond donors (Lipinski definition) is 4. The van der Waals surface area contributed by atoms with E-state index in [1.165, 1.54) is 13.1 Å². The molecule has 37 heavy (non-hydrogen) atoms. The quantitative estimate of drug-likeness (QED) is 0.108. The molecule has 2 heterocycles. The molecule has 2 rings (SSSR count). The molecule has 0 radical (unpaired) electrons. The molecule has 1 aromatic heterocycles. The highest BCUT2D eigenvalue weighted by Gasteiger charge is 2.40. The lowest BCUT2D eigenvalue weighted by molar-refractivity contribution is -0.883. The summed E-state index contributed by atoms with van der Waals surface area (Å²) in [5.41, 5.74) is 7.73. The molecular weight excluding hydrogens is 534 g/mol. The van der Waals surface area contributed by atoms with Crippen molar-refractivity contribution < 1.29 is 41.9 Å². The standard InChI is InChI=1S/C18H32N6O10P2.CH4/c1-5-12(2)9-23(4)6-7-31-35(27,28)34-36(29,30)32-11-15-14(21-22-19)8-16(33-15)24-10-13(3)17(25)20-18(24)26;/h10,12,14-16H,5-9,11H2,1-4H3,(H,27,28)(H,29,30)(H,20,25,26);1H4/p+1. The molecule has 0 saturated carbocycles. The summed E-state index contributed by atoms with van der Waals surface area (Å²) in [4.78, 5) is 49.3. The maximum absolute atomic E-state index is 12.3. The number of phosphoric acid groups is 2. The van der Waals surface area contributed by atoms with Gasteiger partial charge in [-0.1, -0.05) is 26.4 Å². The van der Waals surface area contributed by atoms with Crippen LogP contribution in [0.3, 0.4) is 0 Å². The third kappa shape index (κ3) is 10.5. The van der Waals surface area contributed by atoms with Gasteiger partial charge >= 0.3 is 21.3 Å². The van der Waals surface area contributed by atoms with Crippen molar-refractivity contribution in [1.29, 1.82) is 0 Å². The fraction of sp³-hybridized carbons (Fsp3) is 0.789. The number of nitrogens with zero attached hydrogens (tertiary/aromatic N) is 4. The van der Waals surface area contributed by atoms with Crippen LogP contribution in [0.15, 0.2) is 20.9 Å². The number of ether oxygens (including phenoxy) is 1. The van der Waals surface area contributed by atoms with Crippen LogP contribution in [0.4, 0.5) is 0 Å². The summed E-state index contributed by atoms with van der Waals surface area (Å²) >= 11 is 0. The number of aromatic amines is 1. The lowest BCUT2D eigenvalue weighted by Crippen LogP contribution is -3.10. The van der Waals surface area contributed by atoms with Crippen molar-refractivity contribution in [3.63, 3.8) is 0 Å². The second kappa shape index (κ2) is 14.4. The summed E-state index contributed by atoms with van der Waals surface area (Å²) in [6.45, 7) is 5.92. The monoisotopic (exact) mass is 571 g/mol. The number of nitrogens with one attached hydrogen (secondary N) is 2. The summed E-state index contributed by atoms with van der Waals surface area (Å²) < 4.78 is 45.0. The Labute approximate surface area is 214 Å². The van der Waals surface area contributed by atoms with E-state index in [9.17, 15) is 28.5 Å². The van der Waals surface area contributed by atoms with Gasteiger partial charge in [-0.2, -0.15) is 4.31 Å². The molecule has 1 aliphatic rings. The van der Waals surface area contributed by atoms with Crippen molar-refractivity contribution in [3.05, 3.63) is 43.0 Å². The van der Waals surface area contributed by atoms with Crippen molar-refractivity contribution >= 4 is 15.6 Å². The Kier molecular flexibility index (Phi) is 12.9. The average Bonchev–Trinajstić information content (AvgIpc) is 3.16. The molecule has 1 saturated heterocycles. The van der Waals surface area contributed by atoms with E-state index < -0.39 is 51.9 Å². The molecule has 212 valence electrons. The Hall–Kier alpha value is -1.83. The minimum Gasteiger partial charge on any atom is -0.352 e. The van der Waals surface area contributed by atoms with E-state index in [0.29, 0.717) is 12.5 Å². The van der Waals surface area contributed by atoms with Crippen molar-refractivity contribution in [2.45, 2.75) is 59.4 Å². The number of quaternary nitrogens is 1. The van der Waals surface area contributed by atoms with Crippen molar-refractivity contribution in [1.82, 2.24) is 9.55 Å². The molecule has 4 N–H and O–H groups in total.